The second kappa shape index (κ2) is 8.71. The molecule has 2 unspecified atom stereocenters. The fourth-order valence-electron chi connectivity index (χ4n) is 7.22. The molecule has 0 aromatic rings. The summed E-state index contributed by atoms with van der Waals surface area (Å²) in [6.07, 6.45) is 0.569. The summed E-state index contributed by atoms with van der Waals surface area (Å²) in [5.41, 5.74) is -1.73. The van der Waals surface area contributed by atoms with Gasteiger partial charge in [-0.15, -0.1) is 0 Å². The van der Waals surface area contributed by atoms with E-state index in [1.54, 1.807) is 20.8 Å². The van der Waals surface area contributed by atoms with E-state index < -0.39 is 52.9 Å². The van der Waals surface area contributed by atoms with Gasteiger partial charge in [0.15, 0.2) is 0 Å². The summed E-state index contributed by atoms with van der Waals surface area (Å²) < 4.78 is 39.3. The van der Waals surface area contributed by atoms with Gasteiger partial charge >= 0.3 is 12.1 Å². The van der Waals surface area contributed by atoms with Gasteiger partial charge in [-0.25, -0.2) is 0 Å². The first-order valence-electron chi connectivity index (χ1n) is 13.0. The molecule has 38 heavy (non-hydrogen) atoms. The second-order valence-corrected chi connectivity index (χ2v) is 12.6. The third-order valence-electron chi connectivity index (χ3n) is 9.23. The maximum atomic E-state index is 13.8. The van der Waals surface area contributed by atoms with Crippen LogP contribution in [0.25, 0.3) is 0 Å². The molecule has 9 nitrogen and oxygen atoms in total. The predicted molar refractivity (Wildman–Crippen MR) is 126 cm³/mol. The zero-order valence-corrected chi connectivity index (χ0v) is 21.5. The third-order valence-corrected chi connectivity index (χ3v) is 9.23. The van der Waals surface area contributed by atoms with E-state index in [1.807, 2.05) is 11.4 Å². The largest absolute Gasteiger partial charge is 0.471 e. The fourth-order valence-corrected chi connectivity index (χ4v) is 7.22. The molecule has 0 radical (unpaired) electrons. The van der Waals surface area contributed by atoms with Crippen LogP contribution < -0.4 is 16.0 Å². The van der Waals surface area contributed by atoms with Crippen molar-refractivity contribution >= 4 is 23.6 Å². The topological polar surface area (TPSA) is 131 Å². The minimum absolute atomic E-state index is 0.0314. The number of nitrogens with zero attached hydrogens (tertiary/aromatic N) is 2. The molecule has 0 spiro atoms. The Hall–Kier alpha value is -3.10. The van der Waals surface area contributed by atoms with Crippen LogP contribution in [0.3, 0.4) is 0 Å². The molecule has 0 aromatic heterocycles. The number of allylic oxidation sites excluding steroid dienone is 2. The number of rotatable bonds is 6. The van der Waals surface area contributed by atoms with Crippen LogP contribution in [0.1, 0.15) is 40.0 Å². The molecule has 12 heteroatoms. The fraction of sp³-hybridized carbons (Fsp3) is 0.731. The highest BCUT2D eigenvalue weighted by Gasteiger charge is 2.64. The Morgan fingerprint density at radius 1 is 1.21 bits per heavy atom. The molecule has 206 valence electrons. The molecule has 4 fully saturated rings. The number of carbonyl (C=O) groups is 4. The average Bonchev–Trinajstić information content (AvgIpc) is 3.24. The van der Waals surface area contributed by atoms with Crippen molar-refractivity contribution in [2.24, 2.45) is 40.4 Å². The lowest BCUT2D eigenvalue weighted by Gasteiger charge is -2.37. The molecular formula is C26H32F3N5O4. The molecule has 3 aliphatic carbocycles. The summed E-state index contributed by atoms with van der Waals surface area (Å²) in [6.45, 7) is 5.37. The Bertz CT molecular complexity index is 1140. The van der Waals surface area contributed by atoms with Gasteiger partial charge in [-0.1, -0.05) is 32.9 Å². The number of alkyl halides is 3. The predicted octanol–water partition coefficient (Wildman–Crippen LogP) is 1.26. The summed E-state index contributed by atoms with van der Waals surface area (Å²) in [6, 6.07) is -1.40. The van der Waals surface area contributed by atoms with Crippen molar-refractivity contribution in [3.8, 4) is 6.07 Å². The quantitative estimate of drug-likeness (QED) is 0.441. The molecule has 2 heterocycles. The SMILES string of the molecule is CC(C)(C)[C@H](NC(=O)C(F)(F)F)C(=O)N1C[C@H]2[C@@H]([C@H]1C(=O)N[C@H](C#N)CC13CC1CNC3=O)[C@H]1C=C[C@@H]2C1. The van der Waals surface area contributed by atoms with Gasteiger partial charge < -0.3 is 20.9 Å². The third kappa shape index (κ3) is 4.24. The first kappa shape index (κ1) is 26.5. The molecule has 0 aromatic carbocycles. The van der Waals surface area contributed by atoms with Gasteiger partial charge in [0.05, 0.1) is 11.5 Å². The lowest BCUT2D eigenvalue weighted by Crippen LogP contribution is -2.60. The zero-order chi connectivity index (χ0) is 27.8. The molecule has 9 atom stereocenters. The first-order chi connectivity index (χ1) is 17.7. The number of carbonyl (C=O) groups excluding carboxylic acids is 4. The van der Waals surface area contributed by atoms with Gasteiger partial charge in [0.2, 0.25) is 17.7 Å². The van der Waals surface area contributed by atoms with Crippen molar-refractivity contribution in [3.05, 3.63) is 12.2 Å². The summed E-state index contributed by atoms with van der Waals surface area (Å²) >= 11 is 0. The van der Waals surface area contributed by atoms with E-state index >= 15 is 0 Å². The van der Waals surface area contributed by atoms with Crippen molar-refractivity contribution in [3.63, 3.8) is 0 Å². The second-order valence-electron chi connectivity index (χ2n) is 12.6. The normalized spacial score (nSPS) is 36.1. The van der Waals surface area contributed by atoms with Crippen molar-refractivity contribution < 1.29 is 32.3 Å². The summed E-state index contributed by atoms with van der Waals surface area (Å²) in [4.78, 5) is 53.0. The number of likely N-dealkylation sites (tertiary alicyclic amines) is 1. The minimum atomic E-state index is -5.17. The van der Waals surface area contributed by atoms with Gasteiger partial charge in [-0.05, 0) is 54.3 Å². The Labute approximate surface area is 218 Å². The van der Waals surface area contributed by atoms with Gasteiger partial charge in [-0.3, -0.25) is 19.2 Å². The molecule has 4 amide bonds. The van der Waals surface area contributed by atoms with Crippen molar-refractivity contribution in [2.75, 3.05) is 13.1 Å². The van der Waals surface area contributed by atoms with Crippen molar-refractivity contribution in [2.45, 2.75) is 64.3 Å². The molecule has 3 N–H and O–H groups in total. The van der Waals surface area contributed by atoms with Crippen LogP contribution in [0.4, 0.5) is 13.2 Å². The lowest BCUT2D eigenvalue weighted by molar-refractivity contribution is -0.176. The van der Waals surface area contributed by atoms with Crippen LogP contribution in [0.5, 0.6) is 0 Å². The number of hydrogen-bond acceptors (Lipinski definition) is 5. The molecule has 2 aliphatic heterocycles. The first-order valence-corrected chi connectivity index (χ1v) is 13.0. The van der Waals surface area contributed by atoms with E-state index in [4.69, 9.17) is 0 Å². The van der Waals surface area contributed by atoms with Crippen molar-refractivity contribution in [1.82, 2.24) is 20.9 Å². The average molecular weight is 536 g/mol. The van der Waals surface area contributed by atoms with E-state index in [9.17, 15) is 37.6 Å². The minimum Gasteiger partial charge on any atom is -0.355 e. The summed E-state index contributed by atoms with van der Waals surface area (Å²) in [5.74, 6) is -3.62. The smallest absolute Gasteiger partial charge is 0.355 e. The number of amides is 4. The van der Waals surface area contributed by atoms with Crippen LogP contribution in [0.2, 0.25) is 0 Å². The molecule has 2 bridgehead atoms. The highest BCUT2D eigenvalue weighted by atomic mass is 19.4. The molecule has 5 aliphatic rings. The van der Waals surface area contributed by atoms with Crippen LogP contribution in [-0.4, -0.2) is 65.9 Å². The highest BCUT2D eigenvalue weighted by Crippen LogP contribution is 2.59. The van der Waals surface area contributed by atoms with Crippen LogP contribution in [0.15, 0.2) is 12.2 Å². The highest BCUT2D eigenvalue weighted by molar-refractivity contribution is 5.94. The number of fused-ring (bicyclic) bond motifs is 6. The van der Waals surface area contributed by atoms with Crippen molar-refractivity contribution in [1.29, 1.82) is 5.26 Å². The van der Waals surface area contributed by atoms with Crippen LogP contribution in [0, 0.1) is 51.8 Å². The van der Waals surface area contributed by atoms with Crippen LogP contribution in [-0.2, 0) is 19.2 Å². The van der Waals surface area contributed by atoms with E-state index in [2.05, 4.69) is 22.8 Å². The summed E-state index contributed by atoms with van der Waals surface area (Å²) in [5, 5.41) is 17.2. The molecular weight excluding hydrogens is 503 g/mol. The lowest BCUT2D eigenvalue weighted by atomic mass is 9.81. The van der Waals surface area contributed by atoms with Crippen LogP contribution >= 0.6 is 0 Å². The summed E-state index contributed by atoms with van der Waals surface area (Å²) in [7, 11) is 0. The zero-order valence-electron chi connectivity index (χ0n) is 21.5. The van der Waals surface area contributed by atoms with Gasteiger partial charge in [-0.2, -0.15) is 18.4 Å². The van der Waals surface area contributed by atoms with Gasteiger partial charge in [0.1, 0.15) is 18.1 Å². The molecule has 2 saturated heterocycles. The monoisotopic (exact) mass is 535 g/mol. The maximum Gasteiger partial charge on any atom is 0.471 e. The Morgan fingerprint density at radius 3 is 2.45 bits per heavy atom. The Balaban J connectivity index is 1.39. The number of halogens is 3. The standard InChI is InChI=1S/C26H32F3N5O4/c1-24(2,3)19(33-23(38)26(27,28)29)21(36)34-11-16-12-4-5-13(6-12)17(16)18(34)20(35)32-15(9-30)8-25-7-14(25)10-31-22(25)37/h4-5,12-19H,6-8,10-11H2,1-3H3,(H,31,37)(H,32,35)(H,33,38)/t12-,13+,14?,15+,16-,17+,18+,19-,25?/m1/s1. The van der Waals surface area contributed by atoms with E-state index in [0.717, 1.165) is 6.42 Å². The number of piperidine rings is 1. The molecule has 5 rings (SSSR count). The van der Waals surface area contributed by atoms with E-state index in [0.29, 0.717) is 13.0 Å². The van der Waals surface area contributed by atoms with E-state index in [1.165, 1.54) is 4.90 Å². The maximum absolute atomic E-state index is 13.8. The number of hydrogen-bond donors (Lipinski definition) is 3. The Morgan fingerprint density at radius 2 is 1.89 bits per heavy atom. The number of nitriles is 1. The van der Waals surface area contributed by atoms with E-state index in [-0.39, 0.29) is 48.5 Å². The molecule has 2 saturated carbocycles. The Kier molecular flexibility index (Phi) is 6.08. The van der Waals surface area contributed by atoms with Gasteiger partial charge in [0.25, 0.3) is 0 Å². The number of nitrogens with one attached hydrogen (secondary N) is 3. The van der Waals surface area contributed by atoms with Gasteiger partial charge in [0, 0.05) is 13.1 Å².